The van der Waals surface area contributed by atoms with Gasteiger partial charge < -0.3 is 5.32 Å². The highest BCUT2D eigenvalue weighted by atomic mass is 32.2. The van der Waals surface area contributed by atoms with Crippen LogP contribution in [0.4, 0.5) is 10.8 Å². The summed E-state index contributed by atoms with van der Waals surface area (Å²) in [6, 6.07) is 8.71. The first-order valence-electron chi connectivity index (χ1n) is 7.47. The van der Waals surface area contributed by atoms with Gasteiger partial charge >= 0.3 is 0 Å². The molecule has 0 unspecified atom stereocenters. The lowest BCUT2D eigenvalue weighted by Gasteiger charge is -2.05. The van der Waals surface area contributed by atoms with Crippen LogP contribution in [-0.2, 0) is 5.75 Å². The van der Waals surface area contributed by atoms with Gasteiger partial charge in [-0.2, -0.15) is 0 Å². The Morgan fingerprint density at radius 3 is 3.04 bits per heavy atom. The molecule has 1 N–H and O–H groups in total. The Balaban J connectivity index is 1.40. The van der Waals surface area contributed by atoms with Gasteiger partial charge in [-0.25, -0.2) is 9.67 Å². The van der Waals surface area contributed by atoms with Crippen molar-refractivity contribution in [3.05, 3.63) is 40.9 Å². The summed E-state index contributed by atoms with van der Waals surface area (Å²) in [7, 11) is 0. The largest absolute Gasteiger partial charge is 0.331 e. The molecule has 0 atom stereocenters. The van der Waals surface area contributed by atoms with Crippen LogP contribution < -0.4 is 5.32 Å². The molecule has 1 fully saturated rings. The number of hydrogen-bond acceptors (Lipinski definition) is 7. The first-order valence-corrected chi connectivity index (χ1v) is 9.34. The number of nitrogens with zero attached hydrogens (tertiary/aromatic N) is 5. The van der Waals surface area contributed by atoms with Gasteiger partial charge in [0, 0.05) is 16.8 Å². The zero-order valence-electron chi connectivity index (χ0n) is 12.6. The van der Waals surface area contributed by atoms with Gasteiger partial charge in [0.05, 0.1) is 11.7 Å². The van der Waals surface area contributed by atoms with Crippen molar-refractivity contribution in [3.63, 3.8) is 0 Å². The van der Waals surface area contributed by atoms with E-state index >= 15 is 0 Å². The fourth-order valence-corrected chi connectivity index (χ4v) is 3.89. The number of aromatic nitrogens is 5. The third-order valence-corrected chi connectivity index (χ3v) is 5.42. The van der Waals surface area contributed by atoms with Crippen LogP contribution in [0, 0.1) is 6.92 Å². The maximum atomic E-state index is 4.64. The molecular weight excluding hydrogens is 328 g/mol. The summed E-state index contributed by atoms with van der Waals surface area (Å²) in [5, 5.41) is 19.2. The Hall–Kier alpha value is -1.93. The van der Waals surface area contributed by atoms with Crippen molar-refractivity contribution < 1.29 is 0 Å². The van der Waals surface area contributed by atoms with Crippen LogP contribution in [0.15, 0.2) is 34.8 Å². The van der Waals surface area contributed by atoms with Crippen LogP contribution in [0.5, 0.6) is 0 Å². The van der Waals surface area contributed by atoms with Gasteiger partial charge in [-0.3, -0.25) is 0 Å². The average molecular weight is 344 g/mol. The zero-order chi connectivity index (χ0) is 15.6. The molecule has 1 aliphatic carbocycles. The highest BCUT2D eigenvalue weighted by Gasteiger charge is 2.27. The van der Waals surface area contributed by atoms with E-state index in [1.165, 1.54) is 18.4 Å². The summed E-state index contributed by atoms with van der Waals surface area (Å²) in [4.78, 5) is 4.64. The molecule has 0 bridgehead atoms. The lowest BCUT2D eigenvalue weighted by Crippen LogP contribution is -1.99. The maximum Gasteiger partial charge on any atom is 0.209 e. The average Bonchev–Trinajstić information content (AvgIpc) is 3.12. The first-order chi connectivity index (χ1) is 11.3. The highest BCUT2D eigenvalue weighted by molar-refractivity contribution is 7.98. The standard InChI is InChI=1S/C15H16N6S2/c1-10-4-2-3-5-13(10)17-14-16-11(8-22-14)9-23-15-18-19-20-21(15)12-6-7-12/h2-5,8,12H,6-7,9H2,1H3,(H,16,17). The predicted octanol–water partition coefficient (Wildman–Crippen LogP) is 3.81. The molecule has 1 aliphatic rings. The summed E-state index contributed by atoms with van der Waals surface area (Å²) < 4.78 is 1.93. The molecule has 0 spiro atoms. The Kier molecular flexibility index (Phi) is 4.00. The molecular formula is C15H16N6S2. The Morgan fingerprint density at radius 2 is 2.22 bits per heavy atom. The molecule has 6 nitrogen and oxygen atoms in total. The quantitative estimate of drug-likeness (QED) is 0.686. The van der Waals surface area contributed by atoms with Crippen LogP contribution in [0.25, 0.3) is 0 Å². The number of rotatable bonds is 6. The van der Waals surface area contributed by atoms with E-state index < -0.39 is 0 Å². The highest BCUT2D eigenvalue weighted by Crippen LogP contribution is 2.37. The second-order valence-corrected chi connectivity index (χ2v) is 7.31. The molecule has 23 heavy (non-hydrogen) atoms. The van der Waals surface area contributed by atoms with E-state index in [-0.39, 0.29) is 0 Å². The Labute approximate surface area is 142 Å². The minimum absolute atomic E-state index is 0.501. The van der Waals surface area contributed by atoms with Gasteiger partial charge in [0.15, 0.2) is 5.13 Å². The number of para-hydroxylation sites is 1. The lowest BCUT2D eigenvalue weighted by molar-refractivity contribution is 0.565. The molecule has 0 aliphatic heterocycles. The number of anilines is 2. The molecule has 2 heterocycles. The third kappa shape index (κ3) is 3.37. The molecule has 8 heteroatoms. The number of thioether (sulfide) groups is 1. The molecule has 0 amide bonds. The number of benzene rings is 1. The van der Waals surface area contributed by atoms with Crippen molar-refractivity contribution >= 4 is 33.9 Å². The van der Waals surface area contributed by atoms with Gasteiger partial charge in [0.25, 0.3) is 0 Å². The molecule has 2 aromatic heterocycles. The summed E-state index contributed by atoms with van der Waals surface area (Å²) >= 11 is 3.26. The van der Waals surface area contributed by atoms with Gasteiger partial charge in [0.1, 0.15) is 0 Å². The molecule has 4 rings (SSSR count). The van der Waals surface area contributed by atoms with Crippen molar-refractivity contribution in [1.29, 1.82) is 0 Å². The smallest absolute Gasteiger partial charge is 0.209 e. The summed E-state index contributed by atoms with van der Waals surface area (Å²) in [5.74, 6) is 0.777. The van der Waals surface area contributed by atoms with Crippen molar-refractivity contribution in [2.24, 2.45) is 0 Å². The predicted molar refractivity (Wildman–Crippen MR) is 92.2 cm³/mol. The lowest BCUT2D eigenvalue weighted by atomic mass is 10.2. The van der Waals surface area contributed by atoms with Gasteiger partial charge in [-0.1, -0.05) is 30.0 Å². The van der Waals surface area contributed by atoms with E-state index in [1.807, 2.05) is 16.8 Å². The second-order valence-electron chi connectivity index (χ2n) is 5.51. The number of hydrogen-bond donors (Lipinski definition) is 1. The van der Waals surface area contributed by atoms with E-state index in [1.54, 1.807) is 23.1 Å². The van der Waals surface area contributed by atoms with E-state index in [0.29, 0.717) is 6.04 Å². The van der Waals surface area contributed by atoms with Crippen LogP contribution >= 0.6 is 23.1 Å². The Morgan fingerprint density at radius 1 is 1.35 bits per heavy atom. The SMILES string of the molecule is Cc1ccccc1Nc1nc(CSc2nnnn2C2CC2)cs1. The number of thiazole rings is 1. The van der Waals surface area contributed by atoms with E-state index in [9.17, 15) is 0 Å². The van der Waals surface area contributed by atoms with Gasteiger partial charge in [0.2, 0.25) is 5.16 Å². The van der Waals surface area contributed by atoms with Crippen molar-refractivity contribution in [2.45, 2.75) is 36.7 Å². The van der Waals surface area contributed by atoms with Crippen LogP contribution in [0.2, 0.25) is 0 Å². The topological polar surface area (TPSA) is 68.5 Å². The minimum atomic E-state index is 0.501. The molecule has 0 saturated heterocycles. The molecule has 1 aromatic carbocycles. The Bertz CT molecular complexity index is 808. The van der Waals surface area contributed by atoms with E-state index in [2.05, 4.69) is 50.3 Å². The molecule has 1 saturated carbocycles. The minimum Gasteiger partial charge on any atom is -0.331 e. The zero-order valence-corrected chi connectivity index (χ0v) is 14.3. The fraction of sp³-hybridized carbons (Fsp3) is 0.333. The van der Waals surface area contributed by atoms with Crippen molar-refractivity contribution in [1.82, 2.24) is 25.2 Å². The van der Waals surface area contributed by atoms with Crippen LogP contribution in [0.3, 0.4) is 0 Å². The number of tetrazole rings is 1. The summed E-state index contributed by atoms with van der Waals surface area (Å²) in [5.41, 5.74) is 3.35. The van der Waals surface area contributed by atoms with Crippen LogP contribution in [0.1, 0.15) is 30.1 Å². The van der Waals surface area contributed by atoms with E-state index in [4.69, 9.17) is 0 Å². The van der Waals surface area contributed by atoms with Gasteiger partial charge in [-0.05, 0) is 41.8 Å². The molecule has 0 radical (unpaired) electrons. The number of aryl methyl sites for hydroxylation is 1. The van der Waals surface area contributed by atoms with E-state index in [0.717, 1.165) is 27.4 Å². The molecule has 118 valence electrons. The second kappa shape index (κ2) is 6.29. The molecule has 3 aromatic rings. The van der Waals surface area contributed by atoms with Crippen molar-refractivity contribution in [2.75, 3.05) is 5.32 Å². The summed E-state index contributed by atoms with van der Waals surface area (Å²) in [6.07, 6.45) is 2.36. The van der Waals surface area contributed by atoms with Crippen LogP contribution in [-0.4, -0.2) is 25.2 Å². The fourth-order valence-electron chi connectivity index (χ4n) is 2.23. The van der Waals surface area contributed by atoms with Gasteiger partial charge in [-0.15, -0.1) is 16.4 Å². The van der Waals surface area contributed by atoms with Crippen molar-refractivity contribution in [3.8, 4) is 0 Å². The summed E-state index contributed by atoms with van der Waals surface area (Å²) in [6.45, 7) is 2.09. The first kappa shape index (κ1) is 14.6. The maximum absolute atomic E-state index is 4.64. The normalized spacial score (nSPS) is 14.1. The number of nitrogens with one attached hydrogen (secondary N) is 1. The third-order valence-electron chi connectivity index (χ3n) is 3.64. The monoisotopic (exact) mass is 344 g/mol.